The highest BCUT2D eigenvalue weighted by Gasteiger charge is 2.25. The maximum Gasteiger partial charge on any atom is 0.231 e. The highest BCUT2D eigenvalue weighted by molar-refractivity contribution is 7.15. The van der Waals surface area contributed by atoms with E-state index in [1.165, 1.54) is 23.5 Å². The van der Waals surface area contributed by atoms with Crippen molar-refractivity contribution in [3.8, 4) is 0 Å². The first-order valence-corrected chi connectivity index (χ1v) is 13.3. The smallest absolute Gasteiger partial charge is 0.231 e. The molecule has 0 radical (unpaired) electrons. The van der Waals surface area contributed by atoms with Gasteiger partial charge in [-0.25, -0.2) is 8.78 Å². The number of carbonyl (C=O) groups excluding carboxylic acids is 1. The molecular formula is C26H26F2N8O2S. The van der Waals surface area contributed by atoms with E-state index < -0.39 is 17.9 Å². The molecule has 1 fully saturated rings. The molecule has 1 saturated heterocycles. The Morgan fingerprint density at radius 2 is 1.90 bits per heavy atom. The van der Waals surface area contributed by atoms with Crippen molar-refractivity contribution >= 4 is 34.0 Å². The van der Waals surface area contributed by atoms with Crippen LogP contribution in [-0.2, 0) is 17.6 Å². The molecule has 1 unspecified atom stereocenters. The number of aromatic nitrogens is 5. The number of carbonyl (C=O) groups is 1. The Morgan fingerprint density at radius 3 is 2.64 bits per heavy atom. The number of benzene rings is 1. The molecule has 0 bridgehead atoms. The second-order valence-corrected chi connectivity index (χ2v) is 10.1. The van der Waals surface area contributed by atoms with E-state index in [4.69, 9.17) is 0 Å². The van der Waals surface area contributed by atoms with Gasteiger partial charge < -0.3 is 20.6 Å². The number of rotatable bonds is 9. The molecule has 4 heterocycles. The number of pyridine rings is 1. The van der Waals surface area contributed by atoms with Crippen molar-refractivity contribution in [3.05, 3.63) is 82.6 Å². The average molecular weight is 553 g/mol. The van der Waals surface area contributed by atoms with Gasteiger partial charge in [-0.3, -0.25) is 9.78 Å². The van der Waals surface area contributed by atoms with Crippen molar-refractivity contribution in [1.82, 2.24) is 25.4 Å². The second kappa shape index (κ2) is 12.2. The van der Waals surface area contributed by atoms with Crippen molar-refractivity contribution in [2.45, 2.75) is 37.8 Å². The summed E-state index contributed by atoms with van der Waals surface area (Å²) in [4.78, 5) is 18.5. The first-order valence-electron chi connectivity index (χ1n) is 12.4. The molecule has 1 aliphatic rings. The van der Waals surface area contributed by atoms with Gasteiger partial charge in [-0.1, -0.05) is 29.5 Å². The maximum absolute atomic E-state index is 13.9. The summed E-state index contributed by atoms with van der Waals surface area (Å²) < 4.78 is 27.3. The summed E-state index contributed by atoms with van der Waals surface area (Å²) in [5, 5.41) is 33.9. The molecule has 0 spiro atoms. The monoisotopic (exact) mass is 552 g/mol. The lowest BCUT2D eigenvalue weighted by atomic mass is 9.98. The van der Waals surface area contributed by atoms with E-state index >= 15 is 0 Å². The highest BCUT2D eigenvalue weighted by Crippen LogP contribution is 2.33. The fourth-order valence-corrected chi connectivity index (χ4v) is 5.29. The molecule has 3 aromatic heterocycles. The molecule has 10 nitrogen and oxygen atoms in total. The molecule has 0 aliphatic carbocycles. The van der Waals surface area contributed by atoms with Crippen LogP contribution in [0.15, 0.2) is 54.7 Å². The van der Waals surface area contributed by atoms with Crippen LogP contribution < -0.4 is 15.5 Å². The molecule has 5 rings (SSSR count). The summed E-state index contributed by atoms with van der Waals surface area (Å²) in [7, 11) is 0. The predicted octanol–water partition coefficient (Wildman–Crippen LogP) is 3.54. The number of hydrogen-bond donors (Lipinski definition) is 3. The summed E-state index contributed by atoms with van der Waals surface area (Å²) in [6.07, 6.45) is 2.22. The molecule has 202 valence electrons. The number of nitrogens with one attached hydrogen (secondary N) is 2. The zero-order chi connectivity index (χ0) is 27.2. The van der Waals surface area contributed by atoms with Crippen LogP contribution in [0.5, 0.6) is 0 Å². The van der Waals surface area contributed by atoms with Crippen LogP contribution in [0.1, 0.15) is 35.0 Å². The minimum atomic E-state index is -1.13. The Morgan fingerprint density at radius 1 is 1.05 bits per heavy atom. The normalized spacial score (nSPS) is 14.7. The SMILES string of the molecule is O=C(Cc1ccccn1)Nc1ccc(N2CCC(c3nnc(NC(O)Cc4cccc(F)c4F)s3)CC2)nn1. The third-order valence-electron chi connectivity index (χ3n) is 6.33. The molecule has 3 N–H and O–H groups in total. The van der Waals surface area contributed by atoms with E-state index in [9.17, 15) is 18.7 Å². The van der Waals surface area contributed by atoms with Gasteiger partial charge in [-0.05, 0) is 48.7 Å². The largest absolute Gasteiger partial charge is 0.373 e. The third kappa shape index (κ3) is 6.86. The Labute approximate surface area is 227 Å². The lowest BCUT2D eigenvalue weighted by Crippen LogP contribution is -2.33. The molecular weight excluding hydrogens is 526 g/mol. The van der Waals surface area contributed by atoms with Gasteiger partial charge >= 0.3 is 0 Å². The Kier molecular flexibility index (Phi) is 8.27. The molecule has 0 saturated carbocycles. The minimum Gasteiger partial charge on any atom is -0.373 e. The van der Waals surface area contributed by atoms with Gasteiger partial charge in [-0.15, -0.1) is 20.4 Å². The van der Waals surface area contributed by atoms with Crippen molar-refractivity contribution < 1.29 is 18.7 Å². The molecule has 1 amide bonds. The van der Waals surface area contributed by atoms with Gasteiger partial charge in [0.05, 0.1) is 6.42 Å². The number of aliphatic hydroxyl groups excluding tert-OH is 1. The lowest BCUT2D eigenvalue weighted by Gasteiger charge is -2.31. The van der Waals surface area contributed by atoms with Crippen LogP contribution in [0, 0.1) is 11.6 Å². The summed E-state index contributed by atoms with van der Waals surface area (Å²) in [6.45, 7) is 1.49. The van der Waals surface area contributed by atoms with Gasteiger partial charge in [-0.2, -0.15) is 0 Å². The standard InChI is InChI=1S/C26H26F2N8O2S/c27-19-6-3-4-17(24(19)28)14-22(37)31-26-35-34-25(39-26)16-9-12-36(13-10-16)21-8-7-20(32-33-21)30-23(38)15-18-5-1-2-11-29-18/h1-8,11,16,22,37H,9-10,12-15H2,(H,31,35)(H,30,32,38). The number of anilines is 3. The number of aliphatic hydroxyl groups is 1. The molecule has 1 aromatic carbocycles. The van der Waals surface area contributed by atoms with E-state index in [1.54, 1.807) is 24.4 Å². The van der Waals surface area contributed by atoms with Crippen LogP contribution in [0.2, 0.25) is 0 Å². The Hall–Kier alpha value is -4.10. The second-order valence-electron chi connectivity index (χ2n) is 9.11. The van der Waals surface area contributed by atoms with Crippen LogP contribution in [-0.4, -0.2) is 55.7 Å². The fraction of sp³-hybridized carbons (Fsp3) is 0.308. The molecule has 1 atom stereocenters. The number of nitrogens with zero attached hydrogens (tertiary/aromatic N) is 6. The molecule has 13 heteroatoms. The Balaban J connectivity index is 1.09. The summed E-state index contributed by atoms with van der Waals surface area (Å²) in [5.41, 5.74) is 0.756. The third-order valence-corrected chi connectivity index (χ3v) is 7.35. The molecule has 1 aliphatic heterocycles. The maximum atomic E-state index is 13.9. The van der Waals surface area contributed by atoms with Gasteiger partial charge in [0.15, 0.2) is 23.3 Å². The highest BCUT2D eigenvalue weighted by atomic mass is 32.1. The molecule has 39 heavy (non-hydrogen) atoms. The number of hydrogen-bond acceptors (Lipinski definition) is 10. The van der Waals surface area contributed by atoms with Crippen molar-refractivity contribution in [3.63, 3.8) is 0 Å². The Bertz CT molecular complexity index is 1400. The van der Waals surface area contributed by atoms with Crippen LogP contribution in [0.4, 0.5) is 25.5 Å². The lowest BCUT2D eigenvalue weighted by molar-refractivity contribution is -0.115. The van der Waals surface area contributed by atoms with Gasteiger partial charge in [0.2, 0.25) is 11.0 Å². The van der Waals surface area contributed by atoms with E-state index in [0.29, 0.717) is 16.6 Å². The van der Waals surface area contributed by atoms with E-state index in [0.717, 1.165) is 42.8 Å². The van der Waals surface area contributed by atoms with Crippen molar-refractivity contribution in [2.75, 3.05) is 28.6 Å². The molecule has 4 aromatic rings. The summed E-state index contributed by atoms with van der Waals surface area (Å²) in [5.74, 6) is -0.821. The van der Waals surface area contributed by atoms with E-state index in [1.807, 2.05) is 12.1 Å². The number of amides is 1. The van der Waals surface area contributed by atoms with Gasteiger partial charge in [0.25, 0.3) is 0 Å². The van der Waals surface area contributed by atoms with Crippen molar-refractivity contribution in [1.29, 1.82) is 0 Å². The van der Waals surface area contributed by atoms with Crippen LogP contribution in [0.3, 0.4) is 0 Å². The summed E-state index contributed by atoms with van der Waals surface area (Å²) >= 11 is 1.34. The predicted molar refractivity (Wildman–Crippen MR) is 142 cm³/mol. The zero-order valence-electron chi connectivity index (χ0n) is 20.8. The van der Waals surface area contributed by atoms with Crippen LogP contribution >= 0.6 is 11.3 Å². The van der Waals surface area contributed by atoms with Gasteiger partial charge in [0.1, 0.15) is 11.2 Å². The average Bonchev–Trinajstić information content (AvgIpc) is 3.40. The topological polar surface area (TPSA) is 129 Å². The fourth-order valence-electron chi connectivity index (χ4n) is 4.34. The number of halogens is 2. The number of piperidine rings is 1. The summed E-state index contributed by atoms with van der Waals surface area (Å²) in [6, 6.07) is 12.9. The van der Waals surface area contributed by atoms with Crippen LogP contribution in [0.25, 0.3) is 0 Å². The first kappa shape index (κ1) is 26.5. The quantitative estimate of drug-likeness (QED) is 0.267. The van der Waals surface area contributed by atoms with E-state index in [2.05, 4.69) is 40.9 Å². The first-order chi connectivity index (χ1) is 18.9. The van der Waals surface area contributed by atoms with Gasteiger partial charge in [0, 0.05) is 37.3 Å². The van der Waals surface area contributed by atoms with E-state index in [-0.39, 0.29) is 30.2 Å². The minimum absolute atomic E-state index is 0.0788. The zero-order valence-corrected chi connectivity index (χ0v) is 21.6. The van der Waals surface area contributed by atoms with Crippen molar-refractivity contribution in [2.24, 2.45) is 0 Å².